The summed E-state index contributed by atoms with van der Waals surface area (Å²) >= 11 is 8.79. The first-order valence-electron chi connectivity index (χ1n) is 5.17. The number of anilines is 1. The highest BCUT2D eigenvalue weighted by Gasteiger charge is 2.38. The first kappa shape index (κ1) is 14.7. The molecule has 1 saturated heterocycles. The van der Waals surface area contributed by atoms with Gasteiger partial charge in [0.05, 0.1) is 10.7 Å². The van der Waals surface area contributed by atoms with Crippen molar-refractivity contribution in [1.29, 1.82) is 0 Å². The molecule has 104 valence electrons. The highest BCUT2D eigenvalue weighted by atomic mass is 79.9. The lowest BCUT2D eigenvalue weighted by Crippen LogP contribution is -2.32. The van der Waals surface area contributed by atoms with E-state index >= 15 is 0 Å². The summed E-state index contributed by atoms with van der Waals surface area (Å²) in [6.07, 6.45) is -0.258. The highest BCUT2D eigenvalue weighted by molar-refractivity contribution is 9.10. The molecule has 19 heavy (non-hydrogen) atoms. The third-order valence-electron chi connectivity index (χ3n) is 2.86. The average molecular weight is 372 g/mol. The van der Waals surface area contributed by atoms with Crippen LogP contribution in [-0.2, 0) is 14.8 Å². The summed E-state index contributed by atoms with van der Waals surface area (Å²) in [5.74, 6) is -1.28. The zero-order chi connectivity index (χ0) is 14.4. The summed E-state index contributed by atoms with van der Waals surface area (Å²) in [5, 5.41) is 3.81. The number of sulfonamides is 1. The molecule has 5 nitrogen and oxygen atoms in total. The van der Waals surface area contributed by atoms with Gasteiger partial charge in [0.25, 0.3) is 0 Å². The molecule has 1 aromatic carbocycles. The van der Waals surface area contributed by atoms with Gasteiger partial charge in [0.15, 0.2) is 5.82 Å². The van der Waals surface area contributed by atoms with E-state index in [4.69, 9.17) is 16.7 Å². The minimum Gasteiger partial charge on any atom is -0.308 e. The van der Waals surface area contributed by atoms with Crippen molar-refractivity contribution in [2.45, 2.75) is 11.7 Å². The van der Waals surface area contributed by atoms with Crippen LogP contribution in [0.3, 0.4) is 0 Å². The Hall–Kier alpha value is -0.700. The fraction of sp³-hybridized carbons (Fsp3) is 0.300. The van der Waals surface area contributed by atoms with Crippen molar-refractivity contribution in [3.63, 3.8) is 0 Å². The normalized spacial score (nSPS) is 20.1. The van der Waals surface area contributed by atoms with Crippen molar-refractivity contribution in [1.82, 2.24) is 0 Å². The Morgan fingerprint density at radius 2 is 2.11 bits per heavy atom. The topological polar surface area (TPSA) is 80.5 Å². The van der Waals surface area contributed by atoms with Crippen molar-refractivity contribution >= 4 is 49.1 Å². The predicted molar refractivity (Wildman–Crippen MR) is 73.0 cm³/mol. The first-order chi connectivity index (χ1) is 8.71. The number of amides is 1. The maximum Gasteiger partial charge on any atom is 0.228 e. The first-order valence-corrected chi connectivity index (χ1v) is 7.95. The van der Waals surface area contributed by atoms with E-state index in [0.717, 1.165) is 4.90 Å². The maximum atomic E-state index is 14.0. The SMILES string of the molecule is NS(=O)(=O)C1CC(=O)N(c2ccc(Br)c(Cl)c2F)C1. The highest BCUT2D eigenvalue weighted by Crippen LogP contribution is 2.34. The van der Waals surface area contributed by atoms with E-state index in [2.05, 4.69) is 15.9 Å². The third-order valence-corrected chi connectivity index (χ3v) is 5.36. The van der Waals surface area contributed by atoms with Gasteiger partial charge in [-0.3, -0.25) is 4.79 Å². The third kappa shape index (κ3) is 2.76. The number of nitrogens with two attached hydrogens (primary N) is 1. The molecule has 1 fully saturated rings. The molecule has 0 bridgehead atoms. The van der Waals surface area contributed by atoms with Crippen LogP contribution < -0.4 is 10.0 Å². The van der Waals surface area contributed by atoms with Crippen LogP contribution in [0, 0.1) is 5.82 Å². The van der Waals surface area contributed by atoms with Gasteiger partial charge in [-0.05, 0) is 28.1 Å². The molecule has 0 saturated carbocycles. The molecule has 0 radical (unpaired) electrons. The molecule has 0 aromatic heterocycles. The fourth-order valence-electron chi connectivity index (χ4n) is 1.85. The van der Waals surface area contributed by atoms with Crippen LogP contribution in [-0.4, -0.2) is 26.1 Å². The molecule has 0 spiro atoms. The van der Waals surface area contributed by atoms with E-state index < -0.39 is 27.0 Å². The van der Waals surface area contributed by atoms with Crippen molar-refractivity contribution in [2.24, 2.45) is 5.14 Å². The zero-order valence-electron chi connectivity index (χ0n) is 9.44. The van der Waals surface area contributed by atoms with Crippen LogP contribution in [0.2, 0.25) is 5.02 Å². The monoisotopic (exact) mass is 370 g/mol. The summed E-state index contributed by atoms with van der Waals surface area (Å²) < 4.78 is 36.8. The molecule has 1 heterocycles. The smallest absolute Gasteiger partial charge is 0.228 e. The van der Waals surface area contributed by atoms with Crippen LogP contribution >= 0.6 is 27.5 Å². The Bertz CT molecular complexity index is 652. The van der Waals surface area contributed by atoms with Crippen molar-refractivity contribution in [3.8, 4) is 0 Å². The second-order valence-electron chi connectivity index (χ2n) is 4.11. The predicted octanol–water partition coefficient (Wildman–Crippen LogP) is 1.64. The molecule has 1 unspecified atom stereocenters. The van der Waals surface area contributed by atoms with Crippen molar-refractivity contribution < 1.29 is 17.6 Å². The maximum absolute atomic E-state index is 14.0. The van der Waals surface area contributed by atoms with Crippen LogP contribution in [0.25, 0.3) is 0 Å². The molecule has 1 aromatic rings. The number of nitrogens with zero attached hydrogens (tertiary/aromatic N) is 1. The second-order valence-corrected chi connectivity index (χ2v) is 7.19. The largest absolute Gasteiger partial charge is 0.308 e. The van der Waals surface area contributed by atoms with Crippen LogP contribution in [0.5, 0.6) is 0 Å². The minimum atomic E-state index is -3.83. The number of rotatable bonds is 2. The molecule has 2 rings (SSSR count). The number of carbonyl (C=O) groups is 1. The zero-order valence-corrected chi connectivity index (χ0v) is 12.6. The van der Waals surface area contributed by atoms with Crippen molar-refractivity contribution in [3.05, 3.63) is 27.4 Å². The van der Waals surface area contributed by atoms with Gasteiger partial charge in [-0.1, -0.05) is 11.6 Å². The van der Waals surface area contributed by atoms with Gasteiger partial charge in [-0.15, -0.1) is 0 Å². The van der Waals surface area contributed by atoms with Crippen LogP contribution in [0.1, 0.15) is 6.42 Å². The van der Waals surface area contributed by atoms with Crippen LogP contribution in [0.15, 0.2) is 16.6 Å². The van der Waals surface area contributed by atoms with Gasteiger partial charge < -0.3 is 4.90 Å². The Kier molecular flexibility index (Phi) is 3.87. The average Bonchev–Trinajstić information content (AvgIpc) is 2.68. The number of hydrogen-bond donors (Lipinski definition) is 1. The van der Waals surface area contributed by atoms with Gasteiger partial charge in [-0.2, -0.15) is 0 Å². The molecule has 0 aliphatic carbocycles. The quantitative estimate of drug-likeness (QED) is 0.803. The molecule has 1 amide bonds. The van der Waals surface area contributed by atoms with E-state index in [-0.39, 0.29) is 23.7 Å². The summed E-state index contributed by atoms with van der Waals surface area (Å²) in [6.45, 7) is -0.174. The number of benzene rings is 1. The van der Waals surface area contributed by atoms with Gasteiger partial charge in [-0.25, -0.2) is 17.9 Å². The second kappa shape index (κ2) is 5.01. The Morgan fingerprint density at radius 1 is 1.47 bits per heavy atom. The van der Waals surface area contributed by atoms with Gasteiger partial charge in [0.2, 0.25) is 15.9 Å². The van der Waals surface area contributed by atoms with E-state index in [1.165, 1.54) is 12.1 Å². The number of hydrogen-bond acceptors (Lipinski definition) is 3. The Labute approximate surface area is 122 Å². The molecule has 2 N–H and O–H groups in total. The molecule has 1 aliphatic rings. The lowest BCUT2D eigenvalue weighted by Gasteiger charge is -2.18. The van der Waals surface area contributed by atoms with E-state index in [1.54, 1.807) is 0 Å². The number of halogens is 3. The standard InChI is InChI=1S/C10H9BrClFN2O3S/c11-6-1-2-7(10(13)9(6)12)15-4-5(3-8(15)16)19(14,17)18/h1-2,5H,3-4H2,(H2,14,17,18). The van der Waals surface area contributed by atoms with Gasteiger partial charge in [0.1, 0.15) is 5.25 Å². The summed E-state index contributed by atoms with van der Waals surface area (Å²) in [6, 6.07) is 2.84. The lowest BCUT2D eigenvalue weighted by atomic mass is 10.3. The van der Waals surface area contributed by atoms with Gasteiger partial charge in [0, 0.05) is 17.4 Å². The van der Waals surface area contributed by atoms with E-state index in [9.17, 15) is 17.6 Å². The lowest BCUT2D eigenvalue weighted by molar-refractivity contribution is -0.117. The number of carbonyl (C=O) groups excluding carboxylic acids is 1. The van der Waals surface area contributed by atoms with Crippen molar-refractivity contribution in [2.75, 3.05) is 11.4 Å². The molecule has 1 aliphatic heterocycles. The van der Waals surface area contributed by atoms with E-state index in [0.29, 0.717) is 4.47 Å². The summed E-state index contributed by atoms with van der Waals surface area (Å²) in [4.78, 5) is 12.8. The minimum absolute atomic E-state index is 0.0515. The molecular weight excluding hydrogens is 363 g/mol. The number of primary sulfonamides is 1. The van der Waals surface area contributed by atoms with E-state index in [1.807, 2.05) is 0 Å². The molecule has 9 heteroatoms. The summed E-state index contributed by atoms with van der Waals surface area (Å²) in [5.41, 5.74) is -0.0515. The van der Waals surface area contributed by atoms with Gasteiger partial charge >= 0.3 is 0 Å². The molecular formula is C10H9BrClFN2O3S. The summed E-state index contributed by atoms with van der Waals surface area (Å²) in [7, 11) is -3.83. The Balaban J connectivity index is 2.39. The Morgan fingerprint density at radius 3 is 2.63 bits per heavy atom. The van der Waals surface area contributed by atoms with Crippen LogP contribution in [0.4, 0.5) is 10.1 Å². The fourth-order valence-corrected chi connectivity index (χ4v) is 3.05. The molecule has 1 atom stereocenters.